The number of hydrogen-bond donors (Lipinski definition) is 0. The molecule has 1 aliphatic heterocycles. The topological polar surface area (TPSA) is 56.6 Å². The van der Waals surface area contributed by atoms with Crippen LogP contribution < -0.4 is 4.74 Å². The average molecular weight is 260 g/mol. The van der Waals surface area contributed by atoms with Gasteiger partial charge in [0.05, 0.1) is 23.9 Å². The molecule has 0 saturated carbocycles. The molecule has 0 radical (unpaired) electrons. The molecule has 1 aromatic carbocycles. The summed E-state index contributed by atoms with van der Waals surface area (Å²) in [5.74, 6) is 0.607. The van der Waals surface area contributed by atoms with Gasteiger partial charge in [0.15, 0.2) is 6.29 Å². The number of aryl methyl sites for hydroxylation is 1. The highest BCUT2D eigenvalue weighted by molar-refractivity contribution is 5.98. The van der Waals surface area contributed by atoms with Gasteiger partial charge >= 0.3 is 0 Å². The third kappa shape index (κ3) is 2.33. The van der Waals surface area contributed by atoms with Crippen molar-refractivity contribution in [2.45, 2.75) is 26.0 Å². The first-order valence-electron chi connectivity index (χ1n) is 6.51. The SMILES string of the molecule is CCCn1ncc2ccc(OCC3CO3)c(C=O)c21. The number of hydrogen-bond acceptors (Lipinski definition) is 4. The van der Waals surface area contributed by atoms with Crippen LogP contribution in [0.15, 0.2) is 18.3 Å². The predicted octanol–water partition coefficient (Wildman–Crippen LogP) is 2.04. The van der Waals surface area contributed by atoms with Gasteiger partial charge in [-0.1, -0.05) is 6.92 Å². The van der Waals surface area contributed by atoms with E-state index >= 15 is 0 Å². The maximum atomic E-state index is 11.4. The van der Waals surface area contributed by atoms with E-state index in [1.165, 1.54) is 0 Å². The van der Waals surface area contributed by atoms with Gasteiger partial charge in [0.2, 0.25) is 0 Å². The second kappa shape index (κ2) is 5.01. The van der Waals surface area contributed by atoms with Crippen molar-refractivity contribution < 1.29 is 14.3 Å². The Kier molecular flexibility index (Phi) is 3.21. The second-order valence-corrected chi connectivity index (χ2v) is 4.67. The van der Waals surface area contributed by atoms with E-state index in [0.29, 0.717) is 17.9 Å². The average Bonchev–Trinajstić information content (AvgIpc) is 3.17. The number of aromatic nitrogens is 2. The standard InChI is InChI=1S/C14H16N2O3/c1-2-5-16-14-10(6-15-16)3-4-13(12(14)7-17)19-9-11-8-18-11/h3-4,6-7,11H,2,5,8-9H2,1H3. The van der Waals surface area contributed by atoms with Crippen LogP contribution in [0, 0.1) is 0 Å². The quantitative estimate of drug-likeness (QED) is 0.589. The summed E-state index contributed by atoms with van der Waals surface area (Å²) in [6.45, 7) is 4.11. The zero-order valence-corrected chi connectivity index (χ0v) is 10.8. The van der Waals surface area contributed by atoms with E-state index in [1.54, 1.807) is 6.20 Å². The van der Waals surface area contributed by atoms with Crippen LogP contribution in [0.2, 0.25) is 0 Å². The van der Waals surface area contributed by atoms with Crippen LogP contribution >= 0.6 is 0 Å². The Hall–Kier alpha value is -1.88. The van der Waals surface area contributed by atoms with Crippen LogP contribution in [-0.2, 0) is 11.3 Å². The summed E-state index contributed by atoms with van der Waals surface area (Å²) in [4.78, 5) is 11.4. The predicted molar refractivity (Wildman–Crippen MR) is 70.6 cm³/mol. The third-order valence-corrected chi connectivity index (χ3v) is 3.18. The van der Waals surface area contributed by atoms with E-state index in [2.05, 4.69) is 12.0 Å². The van der Waals surface area contributed by atoms with Crippen LogP contribution in [0.1, 0.15) is 23.7 Å². The minimum absolute atomic E-state index is 0.177. The highest BCUT2D eigenvalue weighted by atomic mass is 16.6. The lowest BCUT2D eigenvalue weighted by Crippen LogP contribution is -2.07. The molecule has 1 fully saturated rings. The van der Waals surface area contributed by atoms with Crippen molar-refractivity contribution in [3.8, 4) is 5.75 Å². The van der Waals surface area contributed by atoms with Crippen LogP contribution in [0.3, 0.4) is 0 Å². The van der Waals surface area contributed by atoms with Gasteiger partial charge < -0.3 is 9.47 Å². The summed E-state index contributed by atoms with van der Waals surface area (Å²) >= 11 is 0. The van der Waals surface area contributed by atoms with Crippen LogP contribution in [-0.4, -0.2) is 35.4 Å². The van der Waals surface area contributed by atoms with Crippen molar-refractivity contribution >= 4 is 17.2 Å². The number of epoxide rings is 1. The summed E-state index contributed by atoms with van der Waals surface area (Å²) in [6.07, 6.45) is 3.77. The first-order chi connectivity index (χ1) is 9.33. The minimum Gasteiger partial charge on any atom is -0.490 e. The van der Waals surface area contributed by atoms with Gasteiger partial charge in [-0.3, -0.25) is 9.48 Å². The zero-order chi connectivity index (χ0) is 13.2. The molecule has 1 atom stereocenters. The highest BCUT2D eigenvalue weighted by Gasteiger charge is 2.24. The number of ether oxygens (including phenoxy) is 2. The van der Waals surface area contributed by atoms with Gasteiger partial charge in [-0.05, 0) is 18.6 Å². The van der Waals surface area contributed by atoms with Gasteiger partial charge in [0.1, 0.15) is 18.5 Å². The van der Waals surface area contributed by atoms with Crippen molar-refractivity contribution in [3.63, 3.8) is 0 Å². The highest BCUT2D eigenvalue weighted by Crippen LogP contribution is 2.27. The van der Waals surface area contributed by atoms with Gasteiger partial charge in [-0.25, -0.2) is 0 Å². The number of benzene rings is 1. The van der Waals surface area contributed by atoms with Crippen molar-refractivity contribution in [1.29, 1.82) is 0 Å². The Balaban J connectivity index is 2.00. The molecular weight excluding hydrogens is 244 g/mol. The Bertz CT molecular complexity index is 602. The van der Waals surface area contributed by atoms with Crippen molar-refractivity contribution in [1.82, 2.24) is 9.78 Å². The van der Waals surface area contributed by atoms with E-state index in [4.69, 9.17) is 9.47 Å². The fourth-order valence-corrected chi connectivity index (χ4v) is 2.16. The zero-order valence-electron chi connectivity index (χ0n) is 10.8. The Morgan fingerprint density at radius 1 is 1.58 bits per heavy atom. The fraction of sp³-hybridized carbons (Fsp3) is 0.429. The first kappa shape index (κ1) is 12.2. The van der Waals surface area contributed by atoms with Gasteiger partial charge in [-0.15, -0.1) is 0 Å². The van der Waals surface area contributed by atoms with E-state index in [0.717, 1.165) is 36.8 Å². The molecule has 0 N–H and O–H groups in total. The van der Waals surface area contributed by atoms with Crippen molar-refractivity contribution in [2.75, 3.05) is 13.2 Å². The molecule has 2 aromatic rings. The molecule has 0 spiro atoms. The maximum Gasteiger partial charge on any atom is 0.155 e. The lowest BCUT2D eigenvalue weighted by Gasteiger charge is -2.09. The maximum absolute atomic E-state index is 11.4. The number of aldehydes is 1. The van der Waals surface area contributed by atoms with Gasteiger partial charge in [-0.2, -0.15) is 5.10 Å². The molecule has 1 unspecified atom stereocenters. The molecule has 3 rings (SSSR count). The van der Waals surface area contributed by atoms with Crippen molar-refractivity contribution in [2.24, 2.45) is 0 Å². The fourth-order valence-electron chi connectivity index (χ4n) is 2.16. The molecule has 0 bridgehead atoms. The molecule has 1 aromatic heterocycles. The number of rotatable bonds is 6. The monoisotopic (exact) mass is 260 g/mol. The molecule has 19 heavy (non-hydrogen) atoms. The van der Waals surface area contributed by atoms with Crippen LogP contribution in [0.4, 0.5) is 0 Å². The smallest absolute Gasteiger partial charge is 0.155 e. The Labute approximate surface area is 111 Å². The summed E-state index contributed by atoms with van der Waals surface area (Å²) in [6, 6.07) is 3.76. The minimum atomic E-state index is 0.177. The molecule has 0 aliphatic carbocycles. The molecule has 5 nitrogen and oxygen atoms in total. The normalized spacial score (nSPS) is 17.6. The summed E-state index contributed by atoms with van der Waals surface area (Å²) in [7, 11) is 0. The largest absolute Gasteiger partial charge is 0.490 e. The van der Waals surface area contributed by atoms with E-state index in [-0.39, 0.29) is 6.10 Å². The summed E-state index contributed by atoms with van der Waals surface area (Å²) in [5, 5.41) is 5.28. The summed E-state index contributed by atoms with van der Waals surface area (Å²) < 4.78 is 12.6. The lowest BCUT2D eigenvalue weighted by molar-refractivity contribution is 0.112. The first-order valence-corrected chi connectivity index (χ1v) is 6.51. The Morgan fingerprint density at radius 2 is 2.42 bits per heavy atom. The molecular formula is C14H16N2O3. The second-order valence-electron chi connectivity index (χ2n) is 4.67. The number of nitrogens with zero attached hydrogens (tertiary/aromatic N) is 2. The Morgan fingerprint density at radius 3 is 3.11 bits per heavy atom. The molecule has 0 amide bonds. The van der Waals surface area contributed by atoms with Gasteiger partial charge in [0, 0.05) is 11.9 Å². The molecule has 2 heterocycles. The molecule has 100 valence electrons. The summed E-state index contributed by atoms with van der Waals surface area (Å²) in [5.41, 5.74) is 1.43. The van der Waals surface area contributed by atoms with Crippen LogP contribution in [0.5, 0.6) is 5.75 Å². The lowest BCUT2D eigenvalue weighted by atomic mass is 10.1. The number of carbonyl (C=O) groups is 1. The molecule has 1 saturated heterocycles. The van der Waals surface area contributed by atoms with E-state index in [9.17, 15) is 4.79 Å². The van der Waals surface area contributed by atoms with E-state index in [1.807, 2.05) is 16.8 Å². The van der Waals surface area contributed by atoms with Gasteiger partial charge in [0.25, 0.3) is 0 Å². The van der Waals surface area contributed by atoms with Crippen LogP contribution in [0.25, 0.3) is 10.9 Å². The van der Waals surface area contributed by atoms with Crippen molar-refractivity contribution in [3.05, 3.63) is 23.9 Å². The molecule has 1 aliphatic rings. The molecule has 5 heteroatoms. The third-order valence-electron chi connectivity index (χ3n) is 3.18. The number of carbonyl (C=O) groups excluding carboxylic acids is 1. The number of fused-ring (bicyclic) bond motifs is 1. The van der Waals surface area contributed by atoms with E-state index < -0.39 is 0 Å².